The van der Waals surface area contributed by atoms with E-state index in [0.717, 1.165) is 5.69 Å². The summed E-state index contributed by atoms with van der Waals surface area (Å²) in [6, 6.07) is 17.2. The van der Waals surface area contributed by atoms with Crippen molar-refractivity contribution >= 4 is 23.2 Å². The van der Waals surface area contributed by atoms with Crippen LogP contribution in [0.5, 0.6) is 0 Å². The molecule has 0 atom stereocenters. The van der Waals surface area contributed by atoms with Crippen LogP contribution in [-0.2, 0) is 9.53 Å². The lowest BCUT2D eigenvalue weighted by Gasteiger charge is -2.12. The van der Waals surface area contributed by atoms with Crippen LogP contribution in [-0.4, -0.2) is 35.3 Å². The summed E-state index contributed by atoms with van der Waals surface area (Å²) in [4.78, 5) is 36.6. The highest BCUT2D eigenvalue weighted by molar-refractivity contribution is 6.03. The Morgan fingerprint density at radius 1 is 1.00 bits per heavy atom. The molecule has 148 valence electrons. The average Bonchev–Trinajstić information content (AvgIpc) is 2.69. The van der Waals surface area contributed by atoms with Gasteiger partial charge in [0.25, 0.3) is 5.91 Å². The summed E-state index contributed by atoms with van der Waals surface area (Å²) >= 11 is 0. The van der Waals surface area contributed by atoms with Crippen molar-refractivity contribution in [3.8, 4) is 5.69 Å². The monoisotopic (exact) mass is 392 g/mol. The lowest BCUT2D eigenvalue weighted by atomic mass is 10.2. The van der Waals surface area contributed by atoms with Crippen LogP contribution in [0.4, 0.5) is 11.4 Å². The number of anilines is 2. The number of methoxy groups -OCH3 is 1. The maximum absolute atomic E-state index is 12.7. The zero-order chi connectivity index (χ0) is 20.8. The number of carbonyl (C=O) groups is 2. The predicted molar refractivity (Wildman–Crippen MR) is 109 cm³/mol. The van der Waals surface area contributed by atoms with Gasteiger partial charge in [0.05, 0.1) is 5.69 Å². The molecule has 0 saturated carbocycles. The van der Waals surface area contributed by atoms with Crippen LogP contribution in [0.2, 0.25) is 0 Å². The van der Waals surface area contributed by atoms with Crippen molar-refractivity contribution in [1.29, 1.82) is 0 Å². The van der Waals surface area contributed by atoms with Crippen LogP contribution >= 0.6 is 0 Å². The van der Waals surface area contributed by atoms with E-state index in [9.17, 15) is 14.4 Å². The molecule has 8 heteroatoms. The Balaban J connectivity index is 1.84. The van der Waals surface area contributed by atoms with E-state index in [2.05, 4.69) is 15.7 Å². The second-order valence-corrected chi connectivity index (χ2v) is 6.26. The highest BCUT2D eigenvalue weighted by atomic mass is 16.5. The van der Waals surface area contributed by atoms with Gasteiger partial charge in [-0.3, -0.25) is 14.4 Å². The largest absolute Gasteiger partial charge is 0.375 e. The van der Waals surface area contributed by atoms with Gasteiger partial charge >= 0.3 is 0 Å². The van der Waals surface area contributed by atoms with E-state index in [1.807, 2.05) is 30.3 Å². The third kappa shape index (κ3) is 4.94. The van der Waals surface area contributed by atoms with Crippen molar-refractivity contribution < 1.29 is 14.3 Å². The van der Waals surface area contributed by atoms with Gasteiger partial charge < -0.3 is 15.4 Å². The van der Waals surface area contributed by atoms with Gasteiger partial charge in [0.15, 0.2) is 5.69 Å². The molecule has 0 aliphatic heterocycles. The Morgan fingerprint density at radius 3 is 2.38 bits per heavy atom. The van der Waals surface area contributed by atoms with Gasteiger partial charge in [0.2, 0.25) is 11.3 Å². The molecule has 3 aromatic rings. The lowest BCUT2D eigenvalue weighted by molar-refractivity contribution is -0.119. The smallest absolute Gasteiger partial charge is 0.280 e. The number of aromatic nitrogens is 2. The van der Waals surface area contributed by atoms with Gasteiger partial charge in [-0.05, 0) is 37.3 Å². The van der Waals surface area contributed by atoms with Gasteiger partial charge in [0.1, 0.15) is 6.61 Å². The van der Waals surface area contributed by atoms with Crippen LogP contribution < -0.4 is 16.1 Å². The highest BCUT2D eigenvalue weighted by Crippen LogP contribution is 2.16. The molecular formula is C21H20N4O4. The maximum atomic E-state index is 12.7. The summed E-state index contributed by atoms with van der Waals surface area (Å²) in [5.74, 6) is -0.957. The normalized spacial score (nSPS) is 10.4. The molecule has 2 aromatic carbocycles. The van der Waals surface area contributed by atoms with Gasteiger partial charge in [-0.2, -0.15) is 5.10 Å². The topological polar surface area (TPSA) is 102 Å². The fourth-order valence-corrected chi connectivity index (χ4v) is 2.73. The molecule has 0 radical (unpaired) electrons. The van der Waals surface area contributed by atoms with Gasteiger partial charge in [-0.15, -0.1) is 0 Å². The van der Waals surface area contributed by atoms with Crippen LogP contribution in [0.25, 0.3) is 5.69 Å². The quantitative estimate of drug-likeness (QED) is 0.671. The SMILES string of the molecule is COCC(=O)Nc1cccc(NC(=O)c2nn(-c3ccccc3)c(C)cc2=O)c1. The van der Waals surface area contributed by atoms with Crippen molar-refractivity contribution in [3.05, 3.63) is 82.3 Å². The molecule has 3 rings (SSSR count). The Morgan fingerprint density at radius 2 is 1.69 bits per heavy atom. The van der Waals surface area contributed by atoms with Gasteiger partial charge in [-0.1, -0.05) is 24.3 Å². The zero-order valence-corrected chi connectivity index (χ0v) is 16.0. The Bertz CT molecular complexity index is 1090. The van der Waals surface area contributed by atoms with Crippen molar-refractivity contribution in [2.45, 2.75) is 6.92 Å². The number of aryl methyl sites for hydroxylation is 1. The molecule has 0 spiro atoms. The number of carbonyl (C=O) groups excluding carboxylic acids is 2. The molecule has 8 nitrogen and oxygen atoms in total. The standard InChI is InChI=1S/C21H20N4O4/c1-14-11-18(26)20(24-25(14)17-9-4-3-5-10-17)21(28)23-16-8-6-7-15(12-16)22-19(27)13-29-2/h3-12H,13H2,1-2H3,(H,22,27)(H,23,28). The summed E-state index contributed by atoms with van der Waals surface area (Å²) in [5.41, 5.74) is 1.55. The summed E-state index contributed by atoms with van der Waals surface area (Å²) in [5, 5.41) is 9.53. The molecule has 0 aliphatic rings. The van der Waals surface area contributed by atoms with Gasteiger partial charge in [-0.25, -0.2) is 4.68 Å². The van der Waals surface area contributed by atoms with E-state index < -0.39 is 11.3 Å². The third-order valence-corrected chi connectivity index (χ3v) is 4.00. The average molecular weight is 392 g/mol. The summed E-state index contributed by atoms with van der Waals surface area (Å²) in [7, 11) is 1.42. The summed E-state index contributed by atoms with van der Waals surface area (Å²) in [6.45, 7) is 1.66. The molecule has 0 fully saturated rings. The van der Waals surface area contributed by atoms with Crippen LogP contribution in [0.3, 0.4) is 0 Å². The number of nitrogens with zero attached hydrogens (tertiary/aromatic N) is 2. The van der Waals surface area contributed by atoms with Crippen LogP contribution in [0.15, 0.2) is 65.5 Å². The minimum atomic E-state index is -0.639. The number of ether oxygens (including phenoxy) is 1. The molecule has 0 aliphatic carbocycles. The molecule has 0 saturated heterocycles. The first-order chi connectivity index (χ1) is 14.0. The van der Waals surface area contributed by atoms with E-state index in [4.69, 9.17) is 4.74 Å². The van der Waals surface area contributed by atoms with Crippen molar-refractivity contribution in [2.75, 3.05) is 24.4 Å². The summed E-state index contributed by atoms with van der Waals surface area (Å²) in [6.07, 6.45) is 0. The molecule has 1 heterocycles. The second-order valence-electron chi connectivity index (χ2n) is 6.26. The second kappa shape index (κ2) is 8.94. The molecule has 2 N–H and O–H groups in total. The fraction of sp³-hybridized carbons (Fsp3) is 0.143. The highest BCUT2D eigenvalue weighted by Gasteiger charge is 2.16. The summed E-state index contributed by atoms with van der Waals surface area (Å²) < 4.78 is 6.31. The molecule has 1 aromatic heterocycles. The number of nitrogens with one attached hydrogen (secondary N) is 2. The number of hydrogen-bond acceptors (Lipinski definition) is 5. The van der Waals surface area contributed by atoms with Crippen molar-refractivity contribution in [1.82, 2.24) is 9.78 Å². The Labute approximate surface area is 167 Å². The van der Waals surface area contributed by atoms with Gasteiger partial charge in [0, 0.05) is 30.2 Å². The first kappa shape index (κ1) is 20.0. The third-order valence-electron chi connectivity index (χ3n) is 4.00. The number of amides is 2. The van der Waals surface area contributed by atoms with Crippen LogP contribution in [0, 0.1) is 6.92 Å². The lowest BCUT2D eigenvalue weighted by Crippen LogP contribution is -2.27. The fourth-order valence-electron chi connectivity index (χ4n) is 2.73. The number of para-hydroxylation sites is 1. The first-order valence-electron chi connectivity index (χ1n) is 8.84. The molecule has 0 unspecified atom stereocenters. The van der Waals surface area contributed by atoms with E-state index in [1.54, 1.807) is 31.2 Å². The first-order valence-corrected chi connectivity index (χ1v) is 8.84. The van der Waals surface area contributed by atoms with E-state index >= 15 is 0 Å². The molecule has 0 bridgehead atoms. The van der Waals surface area contributed by atoms with E-state index in [0.29, 0.717) is 17.1 Å². The minimum absolute atomic E-state index is 0.0805. The molecular weight excluding hydrogens is 372 g/mol. The number of rotatable bonds is 6. The zero-order valence-electron chi connectivity index (χ0n) is 16.0. The Hall–Kier alpha value is -3.78. The maximum Gasteiger partial charge on any atom is 0.280 e. The Kier molecular flexibility index (Phi) is 6.16. The molecule has 2 amide bonds. The van der Waals surface area contributed by atoms with Crippen LogP contribution in [0.1, 0.15) is 16.2 Å². The predicted octanol–water partition coefficient (Wildman–Crippen LogP) is 2.38. The van der Waals surface area contributed by atoms with Crippen molar-refractivity contribution in [2.24, 2.45) is 0 Å². The number of hydrogen-bond donors (Lipinski definition) is 2. The van der Waals surface area contributed by atoms with Crippen molar-refractivity contribution in [3.63, 3.8) is 0 Å². The van der Waals surface area contributed by atoms with E-state index in [-0.39, 0.29) is 18.2 Å². The molecule has 29 heavy (non-hydrogen) atoms. The number of benzene rings is 2. The van der Waals surface area contributed by atoms with E-state index in [1.165, 1.54) is 17.9 Å². The minimum Gasteiger partial charge on any atom is -0.375 e.